The number of rotatable bonds is 4. The zero-order valence-electron chi connectivity index (χ0n) is 14.8. The second-order valence-corrected chi connectivity index (χ2v) is 6.06. The Labute approximate surface area is 151 Å². The van der Waals surface area contributed by atoms with E-state index in [-0.39, 0.29) is 12.8 Å². The molecule has 0 fully saturated rings. The molecule has 0 saturated carbocycles. The van der Waals surface area contributed by atoms with Crippen LogP contribution in [-0.4, -0.2) is 37.7 Å². The fourth-order valence-electron chi connectivity index (χ4n) is 2.44. The summed E-state index contributed by atoms with van der Waals surface area (Å²) in [4.78, 5) is 30.2. The Morgan fingerprint density at radius 1 is 1.12 bits per heavy atom. The molecule has 136 valence electrons. The van der Waals surface area contributed by atoms with Crippen molar-refractivity contribution in [1.82, 2.24) is 10.3 Å². The van der Waals surface area contributed by atoms with Crippen LogP contribution in [0.1, 0.15) is 18.5 Å². The van der Waals surface area contributed by atoms with Gasteiger partial charge in [-0.1, -0.05) is 6.07 Å². The lowest BCUT2D eigenvalue weighted by molar-refractivity contribution is -0.136. The quantitative estimate of drug-likeness (QED) is 0.810. The highest BCUT2D eigenvalue weighted by Gasteiger charge is 2.20. The molecule has 3 rings (SSSR count). The summed E-state index contributed by atoms with van der Waals surface area (Å²) in [5.74, 6) is 0.562. The van der Waals surface area contributed by atoms with Gasteiger partial charge in [-0.15, -0.1) is 0 Å². The van der Waals surface area contributed by atoms with Crippen molar-refractivity contribution in [1.29, 1.82) is 0 Å². The predicted molar refractivity (Wildman–Crippen MR) is 96.3 cm³/mol. The molecule has 0 aliphatic carbocycles. The largest absolute Gasteiger partial charge is 0.454 e. The van der Waals surface area contributed by atoms with Gasteiger partial charge in [0.05, 0.1) is 17.9 Å². The molecule has 1 aliphatic heterocycles. The van der Waals surface area contributed by atoms with Gasteiger partial charge in [0, 0.05) is 14.1 Å². The summed E-state index contributed by atoms with van der Waals surface area (Å²) in [6.45, 7) is 1.97. The average molecular weight is 356 g/mol. The number of carbonyl (C=O) groups is 2. The third-order valence-corrected chi connectivity index (χ3v) is 3.91. The molecule has 0 spiro atoms. The van der Waals surface area contributed by atoms with E-state index in [4.69, 9.17) is 9.47 Å². The van der Waals surface area contributed by atoms with Gasteiger partial charge in [0.15, 0.2) is 11.5 Å². The number of hydrogen-bond acceptors (Lipinski definition) is 6. The topological polar surface area (TPSA) is 92.8 Å². The Hall–Kier alpha value is -3.29. The molecule has 2 amide bonds. The maximum atomic E-state index is 12.1. The van der Waals surface area contributed by atoms with Gasteiger partial charge < -0.3 is 25.0 Å². The first kappa shape index (κ1) is 17.5. The van der Waals surface area contributed by atoms with Crippen molar-refractivity contribution in [3.63, 3.8) is 0 Å². The van der Waals surface area contributed by atoms with E-state index in [1.807, 2.05) is 25.1 Å². The Kier molecular flexibility index (Phi) is 4.92. The van der Waals surface area contributed by atoms with Gasteiger partial charge in [-0.25, -0.2) is 4.98 Å². The van der Waals surface area contributed by atoms with Gasteiger partial charge in [0.2, 0.25) is 6.79 Å². The highest BCUT2D eigenvalue weighted by atomic mass is 16.7. The van der Waals surface area contributed by atoms with Crippen molar-refractivity contribution < 1.29 is 19.1 Å². The van der Waals surface area contributed by atoms with Crippen molar-refractivity contribution in [2.45, 2.75) is 13.0 Å². The molecule has 2 aromatic rings. The molecule has 1 aliphatic rings. The van der Waals surface area contributed by atoms with Crippen LogP contribution in [0.5, 0.6) is 11.5 Å². The maximum absolute atomic E-state index is 12.1. The second kappa shape index (κ2) is 7.30. The fourth-order valence-corrected chi connectivity index (χ4v) is 2.44. The monoisotopic (exact) mass is 356 g/mol. The molecule has 0 saturated heterocycles. The molecule has 26 heavy (non-hydrogen) atoms. The first-order valence-electron chi connectivity index (χ1n) is 8.09. The third-order valence-electron chi connectivity index (χ3n) is 3.91. The molecular weight excluding hydrogens is 336 g/mol. The summed E-state index contributed by atoms with van der Waals surface area (Å²) in [6.07, 6.45) is 1.50. The summed E-state index contributed by atoms with van der Waals surface area (Å²) >= 11 is 0. The predicted octanol–water partition coefficient (Wildman–Crippen LogP) is 1.69. The lowest BCUT2D eigenvalue weighted by Crippen LogP contribution is -2.36. The summed E-state index contributed by atoms with van der Waals surface area (Å²) in [7, 11) is 3.73. The van der Waals surface area contributed by atoms with E-state index in [0.29, 0.717) is 17.2 Å². The van der Waals surface area contributed by atoms with E-state index >= 15 is 0 Å². The number of pyridine rings is 1. The standard InChI is InChI=1S/C18H20N4O4/c1-11(12-4-6-14-15(8-12)26-10-25-14)20-17(23)18(24)21-13-5-7-16(19-9-13)22(2)3/h4-9,11H,10H2,1-3H3,(H,20,23)(H,21,24)/t11-/m1/s1. The maximum Gasteiger partial charge on any atom is 0.313 e. The van der Waals surface area contributed by atoms with E-state index in [1.165, 1.54) is 6.20 Å². The summed E-state index contributed by atoms with van der Waals surface area (Å²) in [5.41, 5.74) is 1.26. The number of benzene rings is 1. The van der Waals surface area contributed by atoms with Crippen molar-refractivity contribution in [2.75, 3.05) is 31.1 Å². The van der Waals surface area contributed by atoms with E-state index < -0.39 is 11.8 Å². The van der Waals surface area contributed by atoms with Gasteiger partial charge in [-0.3, -0.25) is 9.59 Å². The number of fused-ring (bicyclic) bond motifs is 1. The van der Waals surface area contributed by atoms with Gasteiger partial charge >= 0.3 is 11.8 Å². The number of aromatic nitrogens is 1. The zero-order valence-corrected chi connectivity index (χ0v) is 14.8. The molecule has 1 atom stereocenters. The smallest absolute Gasteiger partial charge is 0.313 e. The normalized spacial score (nSPS) is 13.0. The third kappa shape index (κ3) is 3.85. The molecule has 8 nitrogen and oxygen atoms in total. The molecule has 0 radical (unpaired) electrons. The van der Waals surface area contributed by atoms with Gasteiger partial charge in [-0.05, 0) is 36.8 Å². The fraction of sp³-hybridized carbons (Fsp3) is 0.278. The van der Waals surface area contributed by atoms with E-state index in [0.717, 1.165) is 11.4 Å². The van der Waals surface area contributed by atoms with Gasteiger partial charge in [-0.2, -0.15) is 0 Å². The van der Waals surface area contributed by atoms with Crippen LogP contribution < -0.4 is 25.0 Å². The Morgan fingerprint density at radius 2 is 1.88 bits per heavy atom. The molecule has 2 N–H and O–H groups in total. The van der Waals surface area contributed by atoms with E-state index in [9.17, 15) is 9.59 Å². The van der Waals surface area contributed by atoms with Crippen LogP contribution in [0.4, 0.5) is 11.5 Å². The Morgan fingerprint density at radius 3 is 2.58 bits per heavy atom. The van der Waals surface area contributed by atoms with Crippen LogP contribution in [0.25, 0.3) is 0 Å². The van der Waals surface area contributed by atoms with Crippen LogP contribution in [-0.2, 0) is 9.59 Å². The number of ether oxygens (including phenoxy) is 2. The highest BCUT2D eigenvalue weighted by molar-refractivity contribution is 6.39. The molecule has 1 aromatic carbocycles. The van der Waals surface area contributed by atoms with Crippen LogP contribution in [0.15, 0.2) is 36.5 Å². The van der Waals surface area contributed by atoms with Crippen LogP contribution >= 0.6 is 0 Å². The minimum Gasteiger partial charge on any atom is -0.454 e. The molecule has 2 heterocycles. The zero-order chi connectivity index (χ0) is 18.7. The van der Waals surface area contributed by atoms with Crippen molar-refractivity contribution in [2.24, 2.45) is 0 Å². The molecular formula is C18H20N4O4. The SMILES string of the molecule is C[C@@H](NC(=O)C(=O)Nc1ccc(N(C)C)nc1)c1ccc2c(c1)OCO2. The number of anilines is 2. The molecule has 0 bridgehead atoms. The molecule has 1 aromatic heterocycles. The first-order chi connectivity index (χ1) is 12.4. The summed E-state index contributed by atoms with van der Waals surface area (Å²) in [6, 6.07) is 8.46. The minimum absolute atomic E-state index is 0.183. The number of carbonyl (C=O) groups excluding carboxylic acids is 2. The van der Waals surface area contributed by atoms with Crippen molar-refractivity contribution in [3.8, 4) is 11.5 Å². The second-order valence-electron chi connectivity index (χ2n) is 6.06. The number of nitrogens with one attached hydrogen (secondary N) is 2. The van der Waals surface area contributed by atoms with Crippen molar-refractivity contribution in [3.05, 3.63) is 42.1 Å². The summed E-state index contributed by atoms with van der Waals surface area (Å²) < 4.78 is 10.6. The number of nitrogens with zero attached hydrogens (tertiary/aromatic N) is 2. The van der Waals surface area contributed by atoms with Gasteiger partial charge in [0.1, 0.15) is 5.82 Å². The van der Waals surface area contributed by atoms with Crippen molar-refractivity contribution >= 4 is 23.3 Å². The molecule has 0 unspecified atom stereocenters. The highest BCUT2D eigenvalue weighted by Crippen LogP contribution is 2.34. The number of amides is 2. The average Bonchev–Trinajstić information content (AvgIpc) is 3.09. The van der Waals surface area contributed by atoms with Crippen LogP contribution in [0, 0.1) is 0 Å². The van der Waals surface area contributed by atoms with E-state index in [2.05, 4.69) is 15.6 Å². The lowest BCUT2D eigenvalue weighted by Gasteiger charge is -2.15. The minimum atomic E-state index is -0.753. The first-order valence-corrected chi connectivity index (χ1v) is 8.09. The van der Waals surface area contributed by atoms with E-state index in [1.54, 1.807) is 31.2 Å². The van der Waals surface area contributed by atoms with Gasteiger partial charge in [0.25, 0.3) is 0 Å². The van der Waals surface area contributed by atoms with Crippen LogP contribution in [0.3, 0.4) is 0 Å². The Bertz CT molecular complexity index is 820. The van der Waals surface area contributed by atoms with Crippen LogP contribution in [0.2, 0.25) is 0 Å². The molecule has 8 heteroatoms. The Balaban J connectivity index is 1.59. The lowest BCUT2D eigenvalue weighted by atomic mass is 10.1. The summed E-state index contributed by atoms with van der Waals surface area (Å²) in [5, 5.41) is 5.19. The number of hydrogen-bond donors (Lipinski definition) is 2.